The number of imide groups is 1. The summed E-state index contributed by atoms with van der Waals surface area (Å²) in [4.78, 5) is 38.7. The summed E-state index contributed by atoms with van der Waals surface area (Å²) in [5.41, 5.74) is 2.67. The van der Waals surface area contributed by atoms with Gasteiger partial charge in [-0.2, -0.15) is 0 Å². The summed E-state index contributed by atoms with van der Waals surface area (Å²) in [6, 6.07) is 12.7. The highest BCUT2D eigenvalue weighted by molar-refractivity contribution is 6.10. The molecule has 0 aliphatic carbocycles. The Morgan fingerprint density at radius 1 is 1.13 bits per heavy atom. The number of hydrogen-bond acceptors (Lipinski definition) is 4. The fraction of sp³-hybridized carbons (Fsp3) is 0.348. The number of anilines is 1. The van der Waals surface area contributed by atoms with E-state index in [1.54, 1.807) is 14.0 Å². The average Bonchev–Trinajstić information content (AvgIpc) is 2.92. The number of nitrogens with zero attached hydrogens (tertiary/aromatic N) is 1. The van der Waals surface area contributed by atoms with Crippen molar-refractivity contribution in [3.63, 3.8) is 0 Å². The molecule has 1 heterocycles. The molecule has 4 amide bonds. The normalized spacial score (nSPS) is 18.3. The van der Waals surface area contributed by atoms with Gasteiger partial charge in [0.1, 0.15) is 17.8 Å². The second kappa shape index (κ2) is 8.57. The number of hydrogen-bond donors (Lipinski definition) is 2. The summed E-state index contributed by atoms with van der Waals surface area (Å²) in [5.74, 6) is -0.0437. The molecule has 0 unspecified atom stereocenters. The van der Waals surface area contributed by atoms with Gasteiger partial charge in [0.15, 0.2) is 0 Å². The Morgan fingerprint density at radius 3 is 2.47 bits per heavy atom. The van der Waals surface area contributed by atoms with E-state index in [9.17, 15) is 14.4 Å². The molecule has 30 heavy (non-hydrogen) atoms. The molecule has 2 N–H and O–H groups in total. The maximum Gasteiger partial charge on any atom is 0.325 e. The van der Waals surface area contributed by atoms with Crippen LogP contribution in [0, 0.1) is 13.8 Å². The first-order valence-corrected chi connectivity index (χ1v) is 9.86. The van der Waals surface area contributed by atoms with Crippen LogP contribution in [0.15, 0.2) is 42.5 Å². The van der Waals surface area contributed by atoms with Crippen molar-refractivity contribution >= 4 is 23.5 Å². The lowest BCUT2D eigenvalue weighted by Gasteiger charge is -2.21. The van der Waals surface area contributed by atoms with Gasteiger partial charge in [-0.05, 0) is 62.9 Å². The Labute approximate surface area is 176 Å². The first-order valence-electron chi connectivity index (χ1n) is 9.86. The first-order chi connectivity index (χ1) is 14.2. The van der Waals surface area contributed by atoms with Crippen molar-refractivity contribution in [2.45, 2.75) is 39.2 Å². The molecule has 0 bridgehead atoms. The van der Waals surface area contributed by atoms with Gasteiger partial charge in [-0.25, -0.2) is 4.79 Å². The minimum atomic E-state index is -1.04. The summed E-state index contributed by atoms with van der Waals surface area (Å²) in [5, 5.41) is 5.52. The number of rotatable bonds is 7. The standard InChI is InChI=1S/C23H27N3O4/c1-15-5-10-19(16(2)13-15)24-20(27)14-26-21(28)23(3,25-22(26)29)12-11-17-6-8-18(30-4)9-7-17/h5-10,13H,11-12,14H2,1-4H3,(H,24,27)(H,25,29)/t23-/m0/s1. The topological polar surface area (TPSA) is 87.7 Å². The van der Waals surface area contributed by atoms with Crippen molar-refractivity contribution in [1.29, 1.82) is 0 Å². The molecule has 7 heteroatoms. The van der Waals surface area contributed by atoms with E-state index in [1.807, 2.05) is 56.3 Å². The maximum atomic E-state index is 12.9. The fourth-order valence-corrected chi connectivity index (χ4v) is 3.53. The lowest BCUT2D eigenvalue weighted by molar-refractivity contribution is -0.133. The Hall–Kier alpha value is -3.35. The van der Waals surface area contributed by atoms with Gasteiger partial charge in [0.25, 0.3) is 5.91 Å². The van der Waals surface area contributed by atoms with Gasteiger partial charge in [-0.3, -0.25) is 14.5 Å². The van der Waals surface area contributed by atoms with Crippen LogP contribution in [0.1, 0.15) is 30.0 Å². The largest absolute Gasteiger partial charge is 0.497 e. The second-order valence-electron chi connectivity index (χ2n) is 7.87. The van der Waals surface area contributed by atoms with Crippen molar-refractivity contribution < 1.29 is 19.1 Å². The quantitative estimate of drug-likeness (QED) is 0.688. The van der Waals surface area contributed by atoms with Crippen LogP contribution < -0.4 is 15.4 Å². The van der Waals surface area contributed by atoms with E-state index in [1.165, 1.54) is 0 Å². The van der Waals surface area contributed by atoms with Gasteiger partial charge in [-0.15, -0.1) is 0 Å². The minimum absolute atomic E-state index is 0.323. The molecular weight excluding hydrogens is 382 g/mol. The van der Waals surface area contributed by atoms with Gasteiger partial charge in [0.05, 0.1) is 7.11 Å². The van der Waals surface area contributed by atoms with E-state index in [2.05, 4.69) is 10.6 Å². The van der Waals surface area contributed by atoms with Crippen LogP contribution >= 0.6 is 0 Å². The molecule has 1 aliphatic rings. The molecule has 1 atom stereocenters. The monoisotopic (exact) mass is 409 g/mol. The van der Waals surface area contributed by atoms with Crippen molar-refractivity contribution in [1.82, 2.24) is 10.2 Å². The zero-order valence-electron chi connectivity index (χ0n) is 17.7. The fourth-order valence-electron chi connectivity index (χ4n) is 3.53. The molecule has 158 valence electrons. The summed E-state index contributed by atoms with van der Waals surface area (Å²) in [6.45, 7) is 5.24. The van der Waals surface area contributed by atoms with Crippen LogP contribution in [0.3, 0.4) is 0 Å². The van der Waals surface area contributed by atoms with Gasteiger partial charge in [-0.1, -0.05) is 29.8 Å². The smallest absolute Gasteiger partial charge is 0.325 e. The van der Waals surface area contributed by atoms with Crippen LogP contribution in [0.2, 0.25) is 0 Å². The highest BCUT2D eigenvalue weighted by Gasteiger charge is 2.47. The highest BCUT2D eigenvalue weighted by Crippen LogP contribution is 2.24. The highest BCUT2D eigenvalue weighted by atomic mass is 16.5. The third-order valence-corrected chi connectivity index (χ3v) is 5.38. The summed E-state index contributed by atoms with van der Waals surface area (Å²) in [7, 11) is 1.60. The Balaban J connectivity index is 1.62. The zero-order valence-corrected chi connectivity index (χ0v) is 17.7. The number of carbonyl (C=O) groups excluding carboxylic acids is 3. The van der Waals surface area contributed by atoms with E-state index in [-0.39, 0.29) is 6.54 Å². The van der Waals surface area contributed by atoms with E-state index < -0.39 is 23.4 Å². The molecule has 1 saturated heterocycles. The van der Waals surface area contributed by atoms with Crippen molar-refractivity contribution in [2.24, 2.45) is 0 Å². The maximum absolute atomic E-state index is 12.9. The molecule has 2 aromatic carbocycles. The Bertz CT molecular complexity index is 971. The number of benzene rings is 2. The Morgan fingerprint density at radius 2 is 1.83 bits per heavy atom. The SMILES string of the molecule is COc1ccc(CC[C@]2(C)NC(=O)N(CC(=O)Nc3ccc(C)cc3C)C2=O)cc1. The van der Waals surface area contributed by atoms with Crippen LogP contribution in [0.4, 0.5) is 10.5 Å². The van der Waals surface area contributed by atoms with E-state index in [0.29, 0.717) is 18.5 Å². The summed E-state index contributed by atoms with van der Waals surface area (Å²) >= 11 is 0. The van der Waals surface area contributed by atoms with E-state index in [4.69, 9.17) is 4.74 Å². The van der Waals surface area contributed by atoms with E-state index >= 15 is 0 Å². The summed E-state index contributed by atoms with van der Waals surface area (Å²) < 4.78 is 5.15. The number of amides is 4. The molecule has 0 saturated carbocycles. The van der Waals surface area contributed by atoms with Crippen molar-refractivity contribution in [3.8, 4) is 5.75 Å². The number of ether oxygens (including phenoxy) is 1. The number of urea groups is 1. The predicted molar refractivity (Wildman–Crippen MR) is 115 cm³/mol. The lowest BCUT2D eigenvalue weighted by atomic mass is 9.93. The number of aryl methyl sites for hydroxylation is 3. The van der Waals surface area contributed by atoms with Crippen molar-refractivity contribution in [3.05, 3.63) is 59.2 Å². The third-order valence-electron chi connectivity index (χ3n) is 5.38. The lowest BCUT2D eigenvalue weighted by Crippen LogP contribution is -2.45. The second-order valence-corrected chi connectivity index (χ2v) is 7.87. The molecule has 0 radical (unpaired) electrons. The molecule has 1 aliphatic heterocycles. The molecular formula is C23H27N3O4. The molecule has 1 fully saturated rings. The van der Waals surface area contributed by atoms with Crippen LogP contribution in [0.5, 0.6) is 5.75 Å². The van der Waals surface area contributed by atoms with E-state index in [0.717, 1.165) is 27.3 Å². The van der Waals surface area contributed by atoms with Crippen LogP contribution in [-0.2, 0) is 16.0 Å². The molecule has 2 aromatic rings. The molecule has 3 rings (SSSR count). The third kappa shape index (κ3) is 4.62. The first kappa shape index (κ1) is 21.4. The predicted octanol–water partition coefficient (Wildman–Crippen LogP) is 3.19. The molecule has 0 spiro atoms. The van der Waals surface area contributed by atoms with Gasteiger partial charge >= 0.3 is 6.03 Å². The van der Waals surface area contributed by atoms with Crippen LogP contribution in [-0.4, -0.2) is 41.9 Å². The number of carbonyl (C=O) groups is 3. The zero-order chi connectivity index (χ0) is 21.9. The summed E-state index contributed by atoms with van der Waals surface area (Å²) in [6.07, 6.45) is 1.04. The van der Waals surface area contributed by atoms with Gasteiger partial charge in [0, 0.05) is 5.69 Å². The minimum Gasteiger partial charge on any atom is -0.497 e. The number of methoxy groups -OCH3 is 1. The molecule has 7 nitrogen and oxygen atoms in total. The van der Waals surface area contributed by atoms with Gasteiger partial charge < -0.3 is 15.4 Å². The van der Waals surface area contributed by atoms with Crippen molar-refractivity contribution in [2.75, 3.05) is 19.0 Å². The average molecular weight is 409 g/mol. The molecule has 0 aromatic heterocycles. The number of nitrogens with one attached hydrogen (secondary N) is 2. The van der Waals surface area contributed by atoms with Gasteiger partial charge in [0.2, 0.25) is 5.91 Å². The van der Waals surface area contributed by atoms with Crippen LogP contribution in [0.25, 0.3) is 0 Å². The Kier molecular flexibility index (Phi) is 6.10.